The van der Waals surface area contributed by atoms with Crippen molar-refractivity contribution in [1.29, 1.82) is 0 Å². The molecule has 0 heterocycles. The summed E-state index contributed by atoms with van der Waals surface area (Å²) in [4.78, 5) is 0. The maximum Gasteiger partial charge on any atom is 0.0143 e. The molecule has 146 valence electrons. The molecule has 2 aromatic carbocycles. The van der Waals surface area contributed by atoms with Crippen LogP contribution in [0.25, 0.3) is 11.1 Å². The molecule has 0 amide bonds. The topological polar surface area (TPSA) is 12.0 Å². The van der Waals surface area contributed by atoms with Gasteiger partial charge in [-0.1, -0.05) is 101 Å². The van der Waals surface area contributed by atoms with Crippen molar-refractivity contribution in [2.45, 2.75) is 51.9 Å². The molecule has 0 aromatic heterocycles. The number of hydrogen-bond acceptors (Lipinski definition) is 1. The fourth-order valence-electron chi connectivity index (χ4n) is 4.28. The van der Waals surface area contributed by atoms with E-state index in [0.717, 1.165) is 30.7 Å². The van der Waals surface area contributed by atoms with Crippen molar-refractivity contribution in [2.75, 3.05) is 6.54 Å². The van der Waals surface area contributed by atoms with E-state index in [2.05, 4.69) is 93.8 Å². The van der Waals surface area contributed by atoms with Crippen molar-refractivity contribution < 1.29 is 0 Å². The number of allylic oxidation sites excluding steroid dienone is 4. The van der Waals surface area contributed by atoms with Crippen molar-refractivity contribution >= 4 is 11.1 Å². The molecule has 0 spiro atoms. The van der Waals surface area contributed by atoms with Crippen LogP contribution in [0.1, 0.15) is 63.1 Å². The van der Waals surface area contributed by atoms with Gasteiger partial charge in [-0.05, 0) is 47.1 Å². The Morgan fingerprint density at radius 2 is 1.68 bits per heavy atom. The molecule has 0 radical (unpaired) electrons. The molecule has 0 bridgehead atoms. The Hall–Kier alpha value is -2.54. The van der Waals surface area contributed by atoms with E-state index in [4.69, 9.17) is 0 Å². The average molecular weight is 372 g/mol. The fourth-order valence-corrected chi connectivity index (χ4v) is 4.28. The summed E-state index contributed by atoms with van der Waals surface area (Å²) in [5, 5.41) is 3.50. The lowest BCUT2D eigenvalue weighted by molar-refractivity contribution is 0.580. The van der Waals surface area contributed by atoms with Gasteiger partial charge in [-0.2, -0.15) is 0 Å². The van der Waals surface area contributed by atoms with Crippen LogP contribution in [-0.2, 0) is 5.41 Å². The van der Waals surface area contributed by atoms with Crippen LogP contribution in [0.2, 0.25) is 0 Å². The average Bonchev–Trinajstić information content (AvgIpc) is 2.70. The van der Waals surface area contributed by atoms with Crippen molar-refractivity contribution in [3.63, 3.8) is 0 Å². The molecule has 0 saturated heterocycles. The molecule has 0 fully saturated rings. The molecular weight excluding hydrogens is 338 g/mol. The summed E-state index contributed by atoms with van der Waals surface area (Å²) in [6.45, 7) is 16.7. The lowest BCUT2D eigenvalue weighted by Gasteiger charge is -2.39. The molecule has 1 aliphatic rings. The second-order valence-corrected chi connectivity index (χ2v) is 8.25. The third-order valence-corrected chi connectivity index (χ3v) is 5.93. The predicted molar refractivity (Wildman–Crippen MR) is 123 cm³/mol. The molecule has 1 aliphatic carbocycles. The second-order valence-electron chi connectivity index (χ2n) is 8.25. The lowest BCUT2D eigenvalue weighted by Crippen LogP contribution is -2.27. The summed E-state index contributed by atoms with van der Waals surface area (Å²) in [5.41, 5.74) is 8.91. The first-order valence-electron chi connectivity index (χ1n) is 10.5. The van der Waals surface area contributed by atoms with Crippen molar-refractivity contribution in [3.8, 4) is 0 Å². The van der Waals surface area contributed by atoms with Gasteiger partial charge >= 0.3 is 0 Å². The molecule has 0 aliphatic heterocycles. The van der Waals surface area contributed by atoms with Crippen molar-refractivity contribution in [2.24, 2.45) is 0 Å². The zero-order valence-electron chi connectivity index (χ0n) is 17.6. The molecular formula is C27H33N. The quantitative estimate of drug-likeness (QED) is 0.487. The number of nitrogens with one attached hydrogen (secondary N) is 1. The van der Waals surface area contributed by atoms with E-state index in [9.17, 15) is 0 Å². The van der Waals surface area contributed by atoms with Gasteiger partial charge in [0.15, 0.2) is 0 Å². The minimum Gasteiger partial charge on any atom is -0.389 e. The van der Waals surface area contributed by atoms with Crippen molar-refractivity contribution in [1.82, 2.24) is 5.32 Å². The number of unbranched alkanes of at least 4 members (excludes halogenated alkanes) is 1. The number of benzene rings is 2. The van der Waals surface area contributed by atoms with E-state index in [1.807, 2.05) is 0 Å². The zero-order chi connectivity index (χ0) is 20.1. The molecule has 0 unspecified atom stereocenters. The van der Waals surface area contributed by atoms with E-state index >= 15 is 0 Å². The molecule has 1 nitrogen and oxygen atoms in total. The van der Waals surface area contributed by atoms with Gasteiger partial charge in [-0.25, -0.2) is 0 Å². The van der Waals surface area contributed by atoms with Crippen LogP contribution >= 0.6 is 0 Å². The highest BCUT2D eigenvalue weighted by atomic mass is 14.9. The lowest BCUT2D eigenvalue weighted by atomic mass is 9.65. The van der Waals surface area contributed by atoms with E-state index in [0.29, 0.717) is 0 Å². The Labute approximate surface area is 170 Å². The Bertz CT molecular complexity index is 883. The Balaban J connectivity index is 2.00. The summed E-state index contributed by atoms with van der Waals surface area (Å²) in [6, 6.07) is 19.5. The van der Waals surface area contributed by atoms with Crippen LogP contribution in [0.5, 0.6) is 0 Å². The van der Waals surface area contributed by atoms with Gasteiger partial charge in [-0.3, -0.25) is 0 Å². The Morgan fingerprint density at radius 1 is 1.00 bits per heavy atom. The highest BCUT2D eigenvalue weighted by Gasteiger charge is 2.36. The second kappa shape index (κ2) is 8.65. The summed E-state index contributed by atoms with van der Waals surface area (Å²) < 4.78 is 0. The van der Waals surface area contributed by atoms with E-state index in [1.165, 1.54) is 40.7 Å². The van der Waals surface area contributed by atoms with Crippen LogP contribution in [0.3, 0.4) is 0 Å². The standard InChI is InChI=1S/C27H33N/c1-6-7-19-28-20(2)17-18-25-26(22-13-9-8-10-14-22)21(3)23-15-11-12-16-24(23)27(25,4)5/h8-16,28H,2-3,6-7,17-19H2,1,4-5H3. The van der Waals surface area contributed by atoms with Gasteiger partial charge in [0, 0.05) is 17.7 Å². The fraction of sp³-hybridized carbons (Fsp3) is 0.333. The Morgan fingerprint density at radius 3 is 2.39 bits per heavy atom. The van der Waals surface area contributed by atoms with Crippen LogP contribution in [0, 0.1) is 0 Å². The molecule has 3 rings (SSSR count). The van der Waals surface area contributed by atoms with Crippen LogP contribution < -0.4 is 5.32 Å². The van der Waals surface area contributed by atoms with E-state index in [-0.39, 0.29) is 5.41 Å². The minimum absolute atomic E-state index is 0.0351. The van der Waals surface area contributed by atoms with Gasteiger partial charge in [0.25, 0.3) is 0 Å². The number of fused-ring (bicyclic) bond motifs is 1. The molecule has 28 heavy (non-hydrogen) atoms. The SMILES string of the molecule is C=C(CCC1=C(c2ccccc2)C(=C)c2ccccc2C1(C)C)NCCCC. The minimum atomic E-state index is -0.0351. The van der Waals surface area contributed by atoms with E-state index in [1.54, 1.807) is 0 Å². The normalized spacial score (nSPS) is 15.3. The summed E-state index contributed by atoms with van der Waals surface area (Å²) in [6.07, 6.45) is 4.33. The third kappa shape index (κ3) is 3.99. The molecule has 0 atom stereocenters. The van der Waals surface area contributed by atoms with Gasteiger partial charge < -0.3 is 5.32 Å². The monoisotopic (exact) mass is 371 g/mol. The van der Waals surface area contributed by atoms with Crippen molar-refractivity contribution in [3.05, 3.63) is 95.7 Å². The highest BCUT2D eigenvalue weighted by Crippen LogP contribution is 2.50. The number of hydrogen-bond donors (Lipinski definition) is 1. The third-order valence-electron chi connectivity index (χ3n) is 5.93. The van der Waals surface area contributed by atoms with Crippen LogP contribution in [0.15, 0.2) is 79.0 Å². The molecule has 1 N–H and O–H groups in total. The van der Waals surface area contributed by atoms with E-state index < -0.39 is 0 Å². The Kier molecular flexibility index (Phi) is 6.24. The van der Waals surface area contributed by atoms with Gasteiger partial charge in [0.05, 0.1) is 0 Å². The van der Waals surface area contributed by atoms with Gasteiger partial charge in [-0.15, -0.1) is 0 Å². The summed E-state index contributed by atoms with van der Waals surface area (Å²) in [5.74, 6) is 0. The first kappa shape index (κ1) is 20.2. The predicted octanol–water partition coefficient (Wildman–Crippen LogP) is 7.13. The molecule has 0 saturated carbocycles. The van der Waals surface area contributed by atoms with Gasteiger partial charge in [0.1, 0.15) is 0 Å². The maximum absolute atomic E-state index is 4.52. The molecule has 2 aromatic rings. The van der Waals surface area contributed by atoms with Crippen LogP contribution in [0.4, 0.5) is 0 Å². The first-order valence-corrected chi connectivity index (χ1v) is 10.5. The van der Waals surface area contributed by atoms with Gasteiger partial charge in [0.2, 0.25) is 0 Å². The highest BCUT2D eigenvalue weighted by molar-refractivity contribution is 6.08. The number of rotatable bonds is 8. The summed E-state index contributed by atoms with van der Waals surface area (Å²) >= 11 is 0. The van der Waals surface area contributed by atoms with Crippen LogP contribution in [-0.4, -0.2) is 6.54 Å². The largest absolute Gasteiger partial charge is 0.389 e. The summed E-state index contributed by atoms with van der Waals surface area (Å²) in [7, 11) is 0. The maximum atomic E-state index is 4.52. The smallest absolute Gasteiger partial charge is 0.0143 e. The molecule has 1 heteroatoms. The first-order chi connectivity index (χ1) is 13.5. The zero-order valence-corrected chi connectivity index (χ0v) is 17.6.